The van der Waals surface area contributed by atoms with E-state index in [0.29, 0.717) is 11.4 Å². The van der Waals surface area contributed by atoms with Gasteiger partial charge in [0.25, 0.3) is 5.91 Å². The van der Waals surface area contributed by atoms with Crippen LogP contribution in [-0.4, -0.2) is 48.9 Å². The molecule has 1 aromatic rings. The van der Waals surface area contributed by atoms with Crippen LogP contribution in [0.5, 0.6) is 5.75 Å². The standard InChI is InChI=1S/C15H16N2O6/c1-22-11-4-2-10(3-5-11)16-12(18)9-23-15(21)8-17-13(19)6-7-14(17)20/h2-5H,6-9H2,1H3,(H,16,18). The summed E-state index contributed by atoms with van der Waals surface area (Å²) >= 11 is 0. The molecule has 0 atom stereocenters. The number of esters is 1. The predicted molar refractivity (Wildman–Crippen MR) is 78.5 cm³/mol. The zero-order valence-corrected chi connectivity index (χ0v) is 12.5. The molecule has 1 fully saturated rings. The van der Waals surface area contributed by atoms with Crippen LogP contribution in [0.25, 0.3) is 0 Å². The number of hydrogen-bond acceptors (Lipinski definition) is 6. The Morgan fingerprint density at radius 3 is 2.30 bits per heavy atom. The molecule has 0 unspecified atom stereocenters. The molecule has 0 bridgehead atoms. The third-order valence-electron chi connectivity index (χ3n) is 3.18. The van der Waals surface area contributed by atoms with Crippen LogP contribution in [0, 0.1) is 0 Å². The van der Waals surface area contributed by atoms with E-state index in [-0.39, 0.29) is 12.8 Å². The summed E-state index contributed by atoms with van der Waals surface area (Å²) in [6.07, 6.45) is 0.203. The van der Waals surface area contributed by atoms with Crippen molar-refractivity contribution >= 4 is 29.4 Å². The molecule has 0 aromatic heterocycles. The van der Waals surface area contributed by atoms with E-state index in [0.717, 1.165) is 4.90 Å². The quantitative estimate of drug-likeness (QED) is 0.598. The van der Waals surface area contributed by atoms with Crippen molar-refractivity contribution < 1.29 is 28.7 Å². The van der Waals surface area contributed by atoms with Gasteiger partial charge in [-0.1, -0.05) is 0 Å². The third kappa shape index (κ3) is 4.53. The van der Waals surface area contributed by atoms with Crippen LogP contribution in [0.3, 0.4) is 0 Å². The number of ether oxygens (including phenoxy) is 2. The van der Waals surface area contributed by atoms with Crippen LogP contribution in [0.4, 0.5) is 5.69 Å². The molecule has 122 valence electrons. The molecular formula is C15H16N2O6. The maximum Gasteiger partial charge on any atom is 0.326 e. The van der Waals surface area contributed by atoms with Crippen LogP contribution >= 0.6 is 0 Å². The number of carbonyl (C=O) groups excluding carboxylic acids is 4. The van der Waals surface area contributed by atoms with Gasteiger partial charge < -0.3 is 14.8 Å². The first kappa shape index (κ1) is 16.5. The number of benzene rings is 1. The van der Waals surface area contributed by atoms with Gasteiger partial charge in [0.1, 0.15) is 12.3 Å². The summed E-state index contributed by atoms with van der Waals surface area (Å²) in [6.45, 7) is -0.964. The average molecular weight is 320 g/mol. The van der Waals surface area contributed by atoms with Crippen molar-refractivity contribution in [2.75, 3.05) is 25.6 Å². The Morgan fingerprint density at radius 2 is 1.74 bits per heavy atom. The van der Waals surface area contributed by atoms with Crippen molar-refractivity contribution in [1.29, 1.82) is 0 Å². The van der Waals surface area contributed by atoms with Crippen LogP contribution < -0.4 is 10.1 Å². The Hall–Kier alpha value is -2.90. The fourth-order valence-corrected chi connectivity index (χ4v) is 1.99. The first-order valence-corrected chi connectivity index (χ1v) is 6.92. The molecule has 1 aromatic carbocycles. The van der Waals surface area contributed by atoms with Gasteiger partial charge in [-0.3, -0.25) is 24.1 Å². The zero-order valence-electron chi connectivity index (χ0n) is 12.5. The highest BCUT2D eigenvalue weighted by molar-refractivity contribution is 6.04. The van der Waals surface area contributed by atoms with E-state index in [9.17, 15) is 19.2 Å². The Balaban J connectivity index is 1.76. The lowest BCUT2D eigenvalue weighted by Crippen LogP contribution is -2.36. The Bertz CT molecular complexity index is 609. The van der Waals surface area contributed by atoms with Gasteiger partial charge >= 0.3 is 5.97 Å². The number of methoxy groups -OCH3 is 1. The summed E-state index contributed by atoms with van der Waals surface area (Å²) in [5.74, 6) is -1.50. The van der Waals surface area contributed by atoms with Crippen molar-refractivity contribution in [2.24, 2.45) is 0 Å². The zero-order chi connectivity index (χ0) is 16.8. The van der Waals surface area contributed by atoms with Crippen LogP contribution in [0.2, 0.25) is 0 Å². The van der Waals surface area contributed by atoms with Gasteiger partial charge in [-0.2, -0.15) is 0 Å². The average Bonchev–Trinajstić information content (AvgIpc) is 2.85. The van der Waals surface area contributed by atoms with E-state index in [2.05, 4.69) is 5.32 Å². The molecule has 0 aliphatic carbocycles. The van der Waals surface area contributed by atoms with Crippen molar-refractivity contribution in [3.8, 4) is 5.75 Å². The summed E-state index contributed by atoms with van der Waals surface area (Å²) in [7, 11) is 1.53. The van der Waals surface area contributed by atoms with E-state index >= 15 is 0 Å². The first-order chi connectivity index (χ1) is 11.0. The minimum atomic E-state index is -0.807. The van der Waals surface area contributed by atoms with Crippen molar-refractivity contribution in [3.63, 3.8) is 0 Å². The number of hydrogen-bond donors (Lipinski definition) is 1. The summed E-state index contributed by atoms with van der Waals surface area (Å²) in [4.78, 5) is 46.8. The second-order valence-corrected chi connectivity index (χ2v) is 4.81. The molecule has 1 aliphatic rings. The smallest absolute Gasteiger partial charge is 0.326 e. The molecule has 23 heavy (non-hydrogen) atoms. The minimum Gasteiger partial charge on any atom is -0.497 e. The fraction of sp³-hybridized carbons (Fsp3) is 0.333. The van der Waals surface area contributed by atoms with Crippen molar-refractivity contribution in [1.82, 2.24) is 4.90 Å². The van der Waals surface area contributed by atoms with Crippen molar-refractivity contribution in [3.05, 3.63) is 24.3 Å². The van der Waals surface area contributed by atoms with Gasteiger partial charge in [0, 0.05) is 18.5 Å². The van der Waals surface area contributed by atoms with Gasteiger partial charge in [-0.05, 0) is 24.3 Å². The van der Waals surface area contributed by atoms with Gasteiger partial charge in [0.05, 0.1) is 7.11 Å². The highest BCUT2D eigenvalue weighted by Gasteiger charge is 2.31. The summed E-state index contributed by atoms with van der Waals surface area (Å²) in [5.41, 5.74) is 0.525. The van der Waals surface area contributed by atoms with E-state index in [1.165, 1.54) is 7.11 Å². The predicted octanol–water partition coefficient (Wildman–Crippen LogP) is 0.326. The maximum atomic E-state index is 11.7. The number of nitrogens with one attached hydrogen (secondary N) is 1. The molecule has 1 aliphatic heterocycles. The largest absolute Gasteiger partial charge is 0.497 e. The van der Waals surface area contributed by atoms with Crippen LogP contribution in [0.15, 0.2) is 24.3 Å². The number of rotatable bonds is 6. The summed E-state index contributed by atoms with van der Waals surface area (Å²) < 4.78 is 9.75. The molecular weight excluding hydrogens is 304 g/mol. The van der Waals surface area contributed by atoms with Gasteiger partial charge in [-0.25, -0.2) is 0 Å². The molecule has 8 nitrogen and oxygen atoms in total. The third-order valence-corrected chi connectivity index (χ3v) is 3.18. The number of imide groups is 1. The lowest BCUT2D eigenvalue weighted by Gasteiger charge is -2.12. The Kier molecular flexibility index (Phi) is 5.29. The van der Waals surface area contributed by atoms with Crippen LogP contribution in [0.1, 0.15) is 12.8 Å². The number of anilines is 1. The summed E-state index contributed by atoms with van der Waals surface area (Å²) in [5, 5.41) is 2.54. The first-order valence-electron chi connectivity index (χ1n) is 6.92. The number of carbonyl (C=O) groups is 4. The Morgan fingerprint density at radius 1 is 1.13 bits per heavy atom. The van der Waals surface area contributed by atoms with Crippen LogP contribution in [-0.2, 0) is 23.9 Å². The fourth-order valence-electron chi connectivity index (χ4n) is 1.99. The second kappa shape index (κ2) is 7.39. The topological polar surface area (TPSA) is 102 Å². The Labute approximate surface area is 132 Å². The van der Waals surface area contributed by atoms with E-state index in [1.807, 2.05) is 0 Å². The molecule has 0 saturated carbocycles. The lowest BCUT2D eigenvalue weighted by atomic mass is 10.3. The molecule has 1 saturated heterocycles. The second-order valence-electron chi connectivity index (χ2n) is 4.81. The van der Waals surface area contributed by atoms with E-state index in [1.54, 1.807) is 24.3 Å². The minimum absolute atomic E-state index is 0.101. The highest BCUT2D eigenvalue weighted by Crippen LogP contribution is 2.15. The molecule has 8 heteroatoms. The molecule has 0 radical (unpaired) electrons. The molecule has 2 rings (SSSR count). The molecule has 3 amide bonds. The lowest BCUT2D eigenvalue weighted by molar-refractivity contribution is -0.153. The van der Waals surface area contributed by atoms with Gasteiger partial charge in [-0.15, -0.1) is 0 Å². The molecule has 1 N–H and O–H groups in total. The monoisotopic (exact) mass is 320 g/mol. The normalized spacial score (nSPS) is 13.9. The highest BCUT2D eigenvalue weighted by atomic mass is 16.5. The summed E-state index contributed by atoms with van der Waals surface area (Å²) in [6, 6.07) is 6.62. The number of likely N-dealkylation sites (tertiary alicyclic amines) is 1. The van der Waals surface area contributed by atoms with E-state index < -0.39 is 36.8 Å². The number of nitrogens with zero attached hydrogens (tertiary/aromatic N) is 1. The molecule has 1 heterocycles. The molecule has 0 spiro atoms. The van der Waals surface area contributed by atoms with Gasteiger partial charge in [0.2, 0.25) is 11.8 Å². The van der Waals surface area contributed by atoms with Gasteiger partial charge in [0.15, 0.2) is 6.61 Å². The van der Waals surface area contributed by atoms with Crippen molar-refractivity contribution in [2.45, 2.75) is 12.8 Å². The number of amides is 3. The van der Waals surface area contributed by atoms with E-state index in [4.69, 9.17) is 9.47 Å². The SMILES string of the molecule is COc1ccc(NC(=O)COC(=O)CN2C(=O)CCC2=O)cc1. The maximum absolute atomic E-state index is 11.7.